The van der Waals surface area contributed by atoms with E-state index >= 15 is 0 Å². The summed E-state index contributed by atoms with van der Waals surface area (Å²) in [5, 5.41) is 1.49. The molecule has 0 aliphatic heterocycles. The summed E-state index contributed by atoms with van der Waals surface area (Å²) in [6.07, 6.45) is 2.99. The van der Waals surface area contributed by atoms with Crippen LogP contribution in [0.4, 0.5) is 0 Å². The number of rotatable bonds is 4. The van der Waals surface area contributed by atoms with E-state index in [0.717, 1.165) is 0 Å². The Labute approximate surface area is 164 Å². The largest absolute Gasteiger partial charge is 0.451 e. The van der Waals surface area contributed by atoms with Crippen molar-refractivity contribution in [3.63, 3.8) is 0 Å². The third kappa shape index (κ3) is 3.61. The van der Waals surface area contributed by atoms with E-state index in [1.807, 2.05) is 0 Å². The molecule has 0 saturated heterocycles. The third-order valence-electron chi connectivity index (χ3n) is 2.94. The van der Waals surface area contributed by atoms with Crippen LogP contribution >= 0.6 is 69.6 Å². The van der Waals surface area contributed by atoms with E-state index in [-0.39, 0.29) is 31.6 Å². The van der Waals surface area contributed by atoms with Crippen molar-refractivity contribution in [3.8, 4) is 11.5 Å². The average Bonchev–Trinajstić information content (AvgIpc) is 2.46. The molecule has 0 unspecified atom stereocenters. The predicted octanol–water partition coefficient (Wildman–Crippen LogP) is 8.69. The fourth-order valence-corrected chi connectivity index (χ4v) is 3.83. The van der Waals surface area contributed by atoms with Gasteiger partial charge in [-0.05, 0) is 12.1 Å². The van der Waals surface area contributed by atoms with Gasteiger partial charge in [-0.25, -0.2) is 0 Å². The molecule has 0 radical (unpaired) electrons. The number of hydrogen-bond acceptors (Lipinski definition) is 1. The highest BCUT2D eigenvalue weighted by Crippen LogP contribution is 2.47. The van der Waals surface area contributed by atoms with Gasteiger partial charge in [0.05, 0.1) is 30.1 Å². The van der Waals surface area contributed by atoms with Crippen molar-refractivity contribution in [1.29, 1.82) is 0 Å². The van der Waals surface area contributed by atoms with Crippen molar-refractivity contribution in [2.75, 3.05) is 0 Å². The summed E-state index contributed by atoms with van der Waals surface area (Å²) in [5.74, 6) is 0.322. The lowest BCUT2D eigenvalue weighted by atomic mass is 10.2. The SMILES string of the molecule is C=Cc1c(Cl)cc(Cl)c(Oc2c(Cl)cc(Cl)c(C=C)c2Cl)c1Cl. The highest BCUT2D eigenvalue weighted by Gasteiger charge is 2.20. The van der Waals surface area contributed by atoms with Crippen LogP contribution in [-0.2, 0) is 0 Å². The molecule has 0 aromatic heterocycles. The second-order valence-electron chi connectivity index (χ2n) is 4.30. The summed E-state index contributed by atoms with van der Waals surface area (Å²) in [4.78, 5) is 0. The molecule has 2 aromatic rings. The first kappa shape index (κ1) is 18.8. The Morgan fingerprint density at radius 2 is 1.00 bits per heavy atom. The molecule has 0 aliphatic carbocycles. The zero-order valence-electron chi connectivity index (χ0n) is 11.4. The van der Waals surface area contributed by atoms with Crippen LogP contribution in [0.1, 0.15) is 11.1 Å². The molecule has 2 aromatic carbocycles. The fraction of sp³-hybridized carbons (Fsp3) is 0. The maximum Gasteiger partial charge on any atom is 0.165 e. The van der Waals surface area contributed by atoms with Crippen LogP contribution in [0.2, 0.25) is 30.1 Å². The standard InChI is InChI=1S/C16H8Cl6O/c1-3-7-9(17)5-11(19)15(13(7)21)23-16-12(20)6-10(18)8(4-2)14(16)22/h3-6H,1-2H2. The normalized spacial score (nSPS) is 10.5. The van der Waals surface area contributed by atoms with Crippen molar-refractivity contribution in [2.24, 2.45) is 0 Å². The lowest BCUT2D eigenvalue weighted by molar-refractivity contribution is 0.483. The van der Waals surface area contributed by atoms with Gasteiger partial charge in [0.15, 0.2) is 11.5 Å². The Morgan fingerprint density at radius 1 is 0.652 bits per heavy atom. The number of halogens is 6. The van der Waals surface area contributed by atoms with Crippen molar-refractivity contribution >= 4 is 81.8 Å². The molecule has 0 atom stereocenters. The van der Waals surface area contributed by atoms with Gasteiger partial charge < -0.3 is 4.74 Å². The Morgan fingerprint density at radius 3 is 1.30 bits per heavy atom. The van der Waals surface area contributed by atoms with Crippen LogP contribution < -0.4 is 4.74 Å². The molecule has 0 bridgehead atoms. The van der Waals surface area contributed by atoms with Gasteiger partial charge >= 0.3 is 0 Å². The first-order valence-corrected chi connectivity index (χ1v) is 8.36. The Bertz CT molecular complexity index is 746. The van der Waals surface area contributed by atoms with Gasteiger partial charge in [0, 0.05) is 11.1 Å². The van der Waals surface area contributed by atoms with E-state index in [9.17, 15) is 0 Å². The molecule has 0 heterocycles. The quantitative estimate of drug-likeness (QED) is 0.473. The van der Waals surface area contributed by atoms with Gasteiger partial charge in [0.2, 0.25) is 0 Å². The average molecular weight is 429 g/mol. The monoisotopic (exact) mass is 426 g/mol. The van der Waals surface area contributed by atoms with Gasteiger partial charge in [0.25, 0.3) is 0 Å². The van der Waals surface area contributed by atoms with E-state index in [2.05, 4.69) is 13.2 Å². The van der Waals surface area contributed by atoms with Gasteiger partial charge in [0.1, 0.15) is 0 Å². The topological polar surface area (TPSA) is 9.23 Å². The van der Waals surface area contributed by atoms with Crippen molar-refractivity contribution in [3.05, 3.63) is 66.6 Å². The van der Waals surface area contributed by atoms with Gasteiger partial charge in [-0.2, -0.15) is 0 Å². The predicted molar refractivity (Wildman–Crippen MR) is 103 cm³/mol. The second kappa shape index (κ2) is 7.57. The molecule has 0 amide bonds. The zero-order valence-corrected chi connectivity index (χ0v) is 15.9. The molecule has 0 N–H and O–H groups in total. The van der Waals surface area contributed by atoms with Crippen LogP contribution in [0.5, 0.6) is 11.5 Å². The maximum atomic E-state index is 6.28. The van der Waals surface area contributed by atoms with Crippen LogP contribution in [-0.4, -0.2) is 0 Å². The van der Waals surface area contributed by atoms with Crippen LogP contribution in [0.15, 0.2) is 25.3 Å². The van der Waals surface area contributed by atoms with Gasteiger partial charge in [-0.15, -0.1) is 0 Å². The first-order valence-electron chi connectivity index (χ1n) is 6.09. The van der Waals surface area contributed by atoms with Crippen molar-refractivity contribution in [2.45, 2.75) is 0 Å². The number of hydrogen-bond donors (Lipinski definition) is 0. The molecule has 1 nitrogen and oxygen atoms in total. The van der Waals surface area contributed by atoms with Crippen molar-refractivity contribution in [1.82, 2.24) is 0 Å². The lowest BCUT2D eigenvalue weighted by Crippen LogP contribution is -1.93. The molecule has 2 rings (SSSR count). The molecule has 0 fully saturated rings. The van der Waals surface area contributed by atoms with Crippen molar-refractivity contribution < 1.29 is 4.74 Å². The molecule has 0 saturated carbocycles. The zero-order chi connectivity index (χ0) is 17.3. The highest BCUT2D eigenvalue weighted by atomic mass is 35.5. The fourth-order valence-electron chi connectivity index (χ4n) is 1.84. The molecule has 120 valence electrons. The summed E-state index contributed by atoms with van der Waals surface area (Å²) >= 11 is 37.0. The summed E-state index contributed by atoms with van der Waals surface area (Å²) in [6, 6.07) is 2.99. The van der Waals surface area contributed by atoms with Gasteiger partial charge in [-0.1, -0.05) is 94.9 Å². The Balaban J connectivity index is 2.65. The minimum Gasteiger partial charge on any atom is -0.451 e. The molecule has 7 heteroatoms. The minimum absolute atomic E-state index is 0.161. The smallest absolute Gasteiger partial charge is 0.165 e. The highest BCUT2D eigenvalue weighted by molar-refractivity contribution is 6.43. The van der Waals surface area contributed by atoms with Crippen LogP contribution in [0.3, 0.4) is 0 Å². The van der Waals surface area contributed by atoms with E-state index in [1.54, 1.807) is 0 Å². The molecular formula is C16H8Cl6O. The molecule has 0 spiro atoms. The van der Waals surface area contributed by atoms with Gasteiger partial charge in [-0.3, -0.25) is 0 Å². The van der Waals surface area contributed by atoms with E-state index in [4.69, 9.17) is 74.3 Å². The first-order chi connectivity index (χ1) is 10.8. The second-order valence-corrected chi connectivity index (χ2v) is 6.69. The number of ether oxygens (including phenoxy) is 1. The van der Waals surface area contributed by atoms with E-state index in [0.29, 0.717) is 21.2 Å². The summed E-state index contributed by atoms with van der Waals surface area (Å²) in [7, 11) is 0. The lowest BCUT2D eigenvalue weighted by Gasteiger charge is -2.16. The maximum absolute atomic E-state index is 6.28. The molecule has 0 aliphatic rings. The Kier molecular flexibility index (Phi) is 6.18. The summed E-state index contributed by atoms with van der Waals surface area (Å²) in [5.41, 5.74) is 0.968. The molecule has 23 heavy (non-hydrogen) atoms. The third-order valence-corrected chi connectivity index (χ3v) is 4.88. The minimum atomic E-state index is 0.161. The van der Waals surface area contributed by atoms with E-state index in [1.165, 1.54) is 24.3 Å². The Hall–Kier alpha value is -0.540. The van der Waals surface area contributed by atoms with Crippen LogP contribution in [0.25, 0.3) is 12.2 Å². The number of benzene rings is 2. The van der Waals surface area contributed by atoms with E-state index < -0.39 is 0 Å². The summed E-state index contributed by atoms with van der Waals surface area (Å²) < 4.78 is 5.76. The van der Waals surface area contributed by atoms with Crippen LogP contribution in [0, 0.1) is 0 Å². The molecular weight excluding hydrogens is 421 g/mol. The summed E-state index contributed by atoms with van der Waals surface area (Å²) in [6.45, 7) is 7.31.